The van der Waals surface area contributed by atoms with E-state index in [1.165, 1.54) is 53.8 Å². The summed E-state index contributed by atoms with van der Waals surface area (Å²) < 4.78 is 9.37. The van der Waals surface area contributed by atoms with E-state index in [2.05, 4.69) is 170 Å². The molecule has 0 bridgehead atoms. The van der Waals surface area contributed by atoms with Crippen molar-refractivity contribution in [2.45, 2.75) is 19.3 Å². The lowest BCUT2D eigenvalue weighted by molar-refractivity contribution is 0.660. The first-order chi connectivity index (χ1) is 23.6. The Labute approximate surface area is 283 Å². The molecule has 0 saturated heterocycles. The topological polar surface area (TPSA) is 16.4 Å². The minimum absolute atomic E-state index is 0.122. The lowest BCUT2D eigenvalue weighted by Gasteiger charge is -2.30. The van der Waals surface area contributed by atoms with Gasteiger partial charge in [0.2, 0.25) is 0 Å². The van der Waals surface area contributed by atoms with Gasteiger partial charge in [0, 0.05) is 42.1 Å². The largest absolute Gasteiger partial charge is 0.455 e. The van der Waals surface area contributed by atoms with E-state index in [4.69, 9.17) is 4.42 Å². The van der Waals surface area contributed by atoms with Gasteiger partial charge in [-0.15, -0.1) is 11.3 Å². The number of para-hydroxylation sites is 1. The van der Waals surface area contributed by atoms with Gasteiger partial charge in [0.15, 0.2) is 0 Å². The molecular weight excluding hydrogens is 603 g/mol. The smallest absolute Gasteiger partial charge is 0.145 e. The van der Waals surface area contributed by atoms with Crippen molar-refractivity contribution in [3.63, 3.8) is 0 Å². The first-order valence-corrected chi connectivity index (χ1v) is 17.3. The Morgan fingerprint density at radius 2 is 1.17 bits per heavy atom. The van der Waals surface area contributed by atoms with Gasteiger partial charge in [0.25, 0.3) is 0 Å². The Morgan fingerprint density at radius 3 is 2.06 bits per heavy atom. The fourth-order valence-corrected chi connectivity index (χ4v) is 9.22. The van der Waals surface area contributed by atoms with Crippen molar-refractivity contribution >= 4 is 70.5 Å². The Hall–Kier alpha value is -5.64. The third-order valence-corrected chi connectivity index (χ3v) is 11.4. The summed E-state index contributed by atoms with van der Waals surface area (Å²) in [6, 6.07) is 55.0. The molecule has 0 spiro atoms. The first kappa shape index (κ1) is 27.5. The van der Waals surface area contributed by atoms with Crippen LogP contribution in [0.4, 0.5) is 17.1 Å². The minimum atomic E-state index is -0.122. The molecule has 48 heavy (non-hydrogen) atoms. The number of rotatable bonds is 4. The van der Waals surface area contributed by atoms with Gasteiger partial charge < -0.3 is 9.32 Å². The molecule has 0 N–H and O–H groups in total. The van der Waals surface area contributed by atoms with Gasteiger partial charge in [-0.2, -0.15) is 0 Å². The summed E-state index contributed by atoms with van der Waals surface area (Å²) >= 11 is 1.86. The second-order valence-electron chi connectivity index (χ2n) is 13.3. The second kappa shape index (κ2) is 10.2. The molecule has 0 unspecified atom stereocenters. The van der Waals surface area contributed by atoms with Crippen LogP contribution in [-0.2, 0) is 5.41 Å². The molecule has 0 amide bonds. The SMILES string of the molecule is CC1(C)c2ccccc2-c2c(N(c3cccc4sc5ccccc5c34)c3ccc(-c4ccccc4)c4oc5ccccc5c34)cccc21. The molecule has 2 aromatic heterocycles. The maximum absolute atomic E-state index is 6.80. The predicted molar refractivity (Wildman–Crippen MR) is 204 cm³/mol. The molecule has 0 fully saturated rings. The molecule has 0 atom stereocenters. The van der Waals surface area contributed by atoms with Crippen LogP contribution in [0.5, 0.6) is 0 Å². The van der Waals surface area contributed by atoms with Crippen LogP contribution in [0.2, 0.25) is 0 Å². The molecule has 10 rings (SSSR count). The molecule has 228 valence electrons. The first-order valence-electron chi connectivity index (χ1n) is 16.5. The number of fused-ring (bicyclic) bond motifs is 9. The molecule has 7 aromatic carbocycles. The molecule has 1 aliphatic rings. The van der Waals surface area contributed by atoms with Crippen LogP contribution < -0.4 is 4.90 Å². The van der Waals surface area contributed by atoms with E-state index in [0.717, 1.165) is 38.8 Å². The van der Waals surface area contributed by atoms with Crippen LogP contribution in [-0.4, -0.2) is 0 Å². The zero-order valence-corrected chi connectivity index (χ0v) is 27.5. The Balaban J connectivity index is 1.37. The minimum Gasteiger partial charge on any atom is -0.455 e. The highest BCUT2D eigenvalue weighted by molar-refractivity contribution is 7.26. The Kier molecular flexibility index (Phi) is 5.82. The third-order valence-electron chi connectivity index (χ3n) is 10.3. The van der Waals surface area contributed by atoms with Gasteiger partial charge in [-0.3, -0.25) is 0 Å². The van der Waals surface area contributed by atoms with Crippen molar-refractivity contribution < 1.29 is 4.42 Å². The molecule has 1 aliphatic carbocycles. The van der Waals surface area contributed by atoms with Gasteiger partial charge in [-0.25, -0.2) is 0 Å². The van der Waals surface area contributed by atoms with Crippen LogP contribution in [0, 0.1) is 0 Å². The van der Waals surface area contributed by atoms with E-state index >= 15 is 0 Å². The van der Waals surface area contributed by atoms with Gasteiger partial charge in [-0.05, 0) is 64.7 Å². The average Bonchev–Trinajstić information content (AvgIpc) is 3.78. The van der Waals surface area contributed by atoms with E-state index < -0.39 is 0 Å². The highest BCUT2D eigenvalue weighted by atomic mass is 32.1. The van der Waals surface area contributed by atoms with E-state index in [1.54, 1.807) is 0 Å². The summed E-state index contributed by atoms with van der Waals surface area (Å²) in [6.07, 6.45) is 0. The Morgan fingerprint density at radius 1 is 0.500 bits per heavy atom. The van der Waals surface area contributed by atoms with E-state index in [1.807, 2.05) is 11.3 Å². The standard InChI is InChI=1S/C45H31NOS/c1-45(2)33-19-9-6-16-30(33)41-34(45)20-12-21-35(41)46(36-22-13-25-40-42(36)32-18-8-11-24-39(32)48-40)37-27-26-29(28-14-4-3-5-15-28)44-43(37)31-17-7-10-23-38(31)47-44/h3-27H,1-2H3. The van der Waals surface area contributed by atoms with Crippen molar-refractivity contribution in [3.8, 4) is 22.3 Å². The fraction of sp³-hybridized carbons (Fsp3) is 0.0667. The fourth-order valence-electron chi connectivity index (χ4n) is 8.10. The zero-order valence-electron chi connectivity index (χ0n) is 26.7. The number of nitrogens with zero attached hydrogens (tertiary/aromatic N) is 1. The highest BCUT2D eigenvalue weighted by Crippen LogP contribution is 2.56. The van der Waals surface area contributed by atoms with Crippen molar-refractivity contribution in [2.75, 3.05) is 4.90 Å². The highest BCUT2D eigenvalue weighted by Gasteiger charge is 2.38. The quantitative estimate of drug-likeness (QED) is 0.192. The molecule has 2 heterocycles. The number of furan rings is 1. The van der Waals surface area contributed by atoms with Gasteiger partial charge in [0.05, 0.1) is 22.4 Å². The Bertz CT molecular complexity index is 2710. The van der Waals surface area contributed by atoms with E-state index in [9.17, 15) is 0 Å². The lowest BCUT2D eigenvalue weighted by Crippen LogP contribution is -2.16. The molecule has 2 nitrogen and oxygen atoms in total. The van der Waals surface area contributed by atoms with Crippen LogP contribution in [0.1, 0.15) is 25.0 Å². The summed E-state index contributed by atoms with van der Waals surface area (Å²) in [5, 5.41) is 4.78. The van der Waals surface area contributed by atoms with Gasteiger partial charge >= 0.3 is 0 Å². The molecule has 0 aliphatic heterocycles. The summed E-state index contributed by atoms with van der Waals surface area (Å²) in [4.78, 5) is 2.53. The number of anilines is 3. The summed E-state index contributed by atoms with van der Waals surface area (Å²) in [5.41, 5.74) is 12.7. The number of hydrogen-bond donors (Lipinski definition) is 0. The predicted octanol–water partition coefficient (Wildman–Crippen LogP) is 13.4. The van der Waals surface area contributed by atoms with Crippen LogP contribution >= 0.6 is 11.3 Å². The monoisotopic (exact) mass is 633 g/mol. The number of thiophene rings is 1. The van der Waals surface area contributed by atoms with Gasteiger partial charge in [-0.1, -0.05) is 123 Å². The molecule has 3 heteroatoms. The average molecular weight is 634 g/mol. The summed E-state index contributed by atoms with van der Waals surface area (Å²) in [5.74, 6) is 0. The summed E-state index contributed by atoms with van der Waals surface area (Å²) in [7, 11) is 0. The van der Waals surface area contributed by atoms with E-state index in [0.29, 0.717) is 0 Å². The van der Waals surface area contributed by atoms with Crippen molar-refractivity contribution in [2.24, 2.45) is 0 Å². The van der Waals surface area contributed by atoms with Crippen molar-refractivity contribution in [1.82, 2.24) is 0 Å². The number of benzene rings is 7. The second-order valence-corrected chi connectivity index (χ2v) is 14.3. The van der Waals surface area contributed by atoms with Crippen LogP contribution in [0.3, 0.4) is 0 Å². The lowest BCUT2D eigenvalue weighted by atomic mass is 9.82. The van der Waals surface area contributed by atoms with Crippen molar-refractivity contribution in [3.05, 3.63) is 163 Å². The number of hydrogen-bond acceptors (Lipinski definition) is 3. The zero-order chi connectivity index (χ0) is 32.0. The van der Waals surface area contributed by atoms with Gasteiger partial charge in [0.1, 0.15) is 11.2 Å². The maximum Gasteiger partial charge on any atom is 0.145 e. The summed E-state index contributed by atoms with van der Waals surface area (Å²) in [6.45, 7) is 4.71. The third kappa shape index (κ3) is 3.79. The normalized spacial score (nSPS) is 13.4. The van der Waals surface area contributed by atoms with Crippen LogP contribution in [0.25, 0.3) is 64.4 Å². The molecule has 9 aromatic rings. The molecular formula is C45H31NOS. The maximum atomic E-state index is 6.80. The van der Waals surface area contributed by atoms with Crippen molar-refractivity contribution in [1.29, 1.82) is 0 Å². The van der Waals surface area contributed by atoms with E-state index in [-0.39, 0.29) is 5.41 Å². The molecule has 0 saturated carbocycles. The molecule has 0 radical (unpaired) electrons. The van der Waals surface area contributed by atoms with Crippen LogP contribution in [0.15, 0.2) is 156 Å².